The summed E-state index contributed by atoms with van der Waals surface area (Å²) in [4.78, 5) is 28.1. The van der Waals surface area contributed by atoms with Crippen molar-refractivity contribution in [3.63, 3.8) is 0 Å². The molecular weight excluding hydrogens is 369 g/mol. The summed E-state index contributed by atoms with van der Waals surface area (Å²) in [5.74, 6) is 0.0410. The predicted molar refractivity (Wildman–Crippen MR) is 109 cm³/mol. The Balaban J connectivity index is 1.86. The number of hydrogen-bond acceptors (Lipinski definition) is 3. The minimum Gasteiger partial charge on any atom is -0.497 e. The number of halogens is 1. The molecule has 0 bridgehead atoms. The van der Waals surface area contributed by atoms with Crippen LogP contribution in [0.25, 0.3) is 0 Å². The number of Topliss-reactive ketones (excluding diaryl/α,β-unsaturated/α-hetero) is 1. The monoisotopic (exact) mass is 393 g/mol. The maximum Gasteiger partial charge on any atom is 0.232 e. The number of ketones is 1. The van der Waals surface area contributed by atoms with Gasteiger partial charge in [-0.3, -0.25) is 14.5 Å². The zero-order valence-electron chi connectivity index (χ0n) is 16.9. The summed E-state index contributed by atoms with van der Waals surface area (Å²) in [7, 11) is 1.59. The molecule has 2 aromatic carbocycles. The molecule has 29 heavy (non-hydrogen) atoms. The summed E-state index contributed by atoms with van der Waals surface area (Å²) < 4.78 is 18.6. The molecule has 1 unspecified atom stereocenters. The van der Waals surface area contributed by atoms with Gasteiger partial charge in [-0.05, 0) is 53.8 Å². The van der Waals surface area contributed by atoms with Gasteiger partial charge in [0.2, 0.25) is 5.91 Å². The number of nitrogens with zero attached hydrogens (tertiary/aromatic N) is 1. The molecule has 1 aliphatic heterocycles. The minimum absolute atomic E-state index is 0.0614. The van der Waals surface area contributed by atoms with E-state index in [1.165, 1.54) is 12.1 Å². The fourth-order valence-electron chi connectivity index (χ4n) is 4.43. The van der Waals surface area contributed by atoms with Crippen LogP contribution >= 0.6 is 0 Å². The predicted octanol–water partition coefficient (Wildman–Crippen LogP) is 5.00. The van der Waals surface area contributed by atoms with Crippen LogP contribution in [-0.2, 0) is 9.59 Å². The maximum absolute atomic E-state index is 13.4. The molecule has 0 aromatic heterocycles. The first-order valence-electron chi connectivity index (χ1n) is 9.78. The van der Waals surface area contributed by atoms with Crippen LogP contribution in [0.2, 0.25) is 0 Å². The van der Waals surface area contributed by atoms with Gasteiger partial charge in [-0.2, -0.15) is 0 Å². The normalized spacial score (nSPS) is 21.2. The molecule has 4 rings (SSSR count). The number of rotatable bonds is 3. The van der Waals surface area contributed by atoms with Crippen LogP contribution in [0.1, 0.15) is 44.6 Å². The summed E-state index contributed by atoms with van der Waals surface area (Å²) in [6, 6.07) is 13.4. The van der Waals surface area contributed by atoms with Crippen LogP contribution in [0.15, 0.2) is 59.8 Å². The Morgan fingerprint density at radius 1 is 1.00 bits per heavy atom. The molecule has 0 spiro atoms. The average Bonchev–Trinajstić information content (AvgIpc) is 2.67. The van der Waals surface area contributed by atoms with Gasteiger partial charge in [0.1, 0.15) is 11.6 Å². The van der Waals surface area contributed by atoms with E-state index in [9.17, 15) is 14.0 Å². The van der Waals surface area contributed by atoms with Crippen molar-refractivity contribution < 1.29 is 18.7 Å². The largest absolute Gasteiger partial charge is 0.497 e. The zero-order chi connectivity index (χ0) is 20.8. The molecule has 0 N–H and O–H groups in total. The maximum atomic E-state index is 13.4. The van der Waals surface area contributed by atoms with Crippen LogP contribution in [-0.4, -0.2) is 18.8 Å². The molecule has 1 atom stereocenters. The van der Waals surface area contributed by atoms with E-state index < -0.39 is 0 Å². The molecule has 0 fully saturated rings. The lowest BCUT2D eigenvalue weighted by atomic mass is 9.69. The first-order valence-corrected chi connectivity index (χ1v) is 9.78. The van der Waals surface area contributed by atoms with E-state index in [1.54, 1.807) is 24.1 Å². The third-order valence-electron chi connectivity index (χ3n) is 5.75. The van der Waals surface area contributed by atoms with Crippen LogP contribution in [0.3, 0.4) is 0 Å². The van der Waals surface area contributed by atoms with E-state index in [4.69, 9.17) is 4.74 Å². The highest BCUT2D eigenvalue weighted by Crippen LogP contribution is 2.48. The van der Waals surface area contributed by atoms with Crippen LogP contribution in [0, 0.1) is 11.2 Å². The van der Waals surface area contributed by atoms with Gasteiger partial charge < -0.3 is 4.74 Å². The summed E-state index contributed by atoms with van der Waals surface area (Å²) in [6.07, 6.45) is 1.25. The molecule has 4 nitrogen and oxygen atoms in total. The van der Waals surface area contributed by atoms with Gasteiger partial charge in [-0.25, -0.2) is 4.39 Å². The van der Waals surface area contributed by atoms with Crippen molar-refractivity contribution in [2.24, 2.45) is 5.41 Å². The lowest BCUT2D eigenvalue weighted by molar-refractivity contribution is -0.121. The quantitative estimate of drug-likeness (QED) is 0.737. The number of anilines is 1. The highest BCUT2D eigenvalue weighted by Gasteiger charge is 2.44. The third-order valence-corrected chi connectivity index (χ3v) is 5.75. The van der Waals surface area contributed by atoms with Crippen LogP contribution in [0.5, 0.6) is 5.75 Å². The van der Waals surface area contributed by atoms with E-state index in [2.05, 4.69) is 0 Å². The molecule has 0 saturated carbocycles. The van der Waals surface area contributed by atoms with Crippen molar-refractivity contribution in [2.75, 3.05) is 12.0 Å². The second-order valence-corrected chi connectivity index (χ2v) is 8.54. The van der Waals surface area contributed by atoms with Crippen LogP contribution in [0.4, 0.5) is 10.1 Å². The van der Waals surface area contributed by atoms with Crippen molar-refractivity contribution in [2.45, 2.75) is 39.0 Å². The smallest absolute Gasteiger partial charge is 0.232 e. The van der Waals surface area contributed by atoms with Gasteiger partial charge in [0.25, 0.3) is 0 Å². The number of carbonyl (C=O) groups excluding carboxylic acids is 2. The molecule has 0 saturated heterocycles. The first kappa shape index (κ1) is 19.4. The number of ether oxygens (including phenoxy) is 1. The number of hydrogen-bond donors (Lipinski definition) is 0. The summed E-state index contributed by atoms with van der Waals surface area (Å²) in [5.41, 5.74) is 2.75. The van der Waals surface area contributed by atoms with Crippen molar-refractivity contribution >= 4 is 17.4 Å². The summed E-state index contributed by atoms with van der Waals surface area (Å²) in [6.45, 7) is 4.10. The summed E-state index contributed by atoms with van der Waals surface area (Å²) in [5, 5.41) is 0. The number of benzene rings is 2. The summed E-state index contributed by atoms with van der Waals surface area (Å²) >= 11 is 0. The molecule has 1 aliphatic carbocycles. The SMILES string of the molecule is COc1ccc(N2C(=O)CC(c3ccc(F)cc3)C3=C2CC(C)(C)CC3=O)cc1. The second kappa shape index (κ2) is 7.14. The standard InChI is InChI=1S/C24H24FNO3/c1-24(2)13-20-23(21(27)14-24)19(15-4-6-16(25)7-5-15)12-22(28)26(20)17-8-10-18(29-3)11-9-17/h4-11,19H,12-14H2,1-3H3. The van der Waals surface area contributed by atoms with Gasteiger partial charge in [0, 0.05) is 35.7 Å². The molecule has 2 aromatic rings. The highest BCUT2D eigenvalue weighted by molar-refractivity contribution is 6.07. The van der Waals surface area contributed by atoms with Crippen LogP contribution < -0.4 is 9.64 Å². The van der Waals surface area contributed by atoms with Gasteiger partial charge in [-0.1, -0.05) is 26.0 Å². The van der Waals surface area contributed by atoms with Crippen molar-refractivity contribution in [1.29, 1.82) is 0 Å². The van der Waals surface area contributed by atoms with E-state index in [0.29, 0.717) is 24.2 Å². The van der Waals surface area contributed by atoms with E-state index in [1.807, 2.05) is 38.1 Å². The molecule has 5 heteroatoms. The number of carbonyl (C=O) groups is 2. The van der Waals surface area contributed by atoms with E-state index in [-0.39, 0.29) is 35.3 Å². The van der Waals surface area contributed by atoms with Gasteiger partial charge in [0.15, 0.2) is 5.78 Å². The number of allylic oxidation sites excluding steroid dienone is 2. The average molecular weight is 393 g/mol. The lowest BCUT2D eigenvalue weighted by Gasteiger charge is -2.43. The first-order chi connectivity index (χ1) is 13.8. The molecule has 0 radical (unpaired) electrons. The number of amides is 1. The topological polar surface area (TPSA) is 46.6 Å². The lowest BCUT2D eigenvalue weighted by Crippen LogP contribution is -2.43. The van der Waals surface area contributed by atoms with Crippen molar-refractivity contribution in [3.05, 3.63) is 71.2 Å². The van der Waals surface area contributed by atoms with Gasteiger partial charge in [-0.15, -0.1) is 0 Å². The highest BCUT2D eigenvalue weighted by atomic mass is 19.1. The molecule has 150 valence electrons. The van der Waals surface area contributed by atoms with Crippen molar-refractivity contribution in [3.8, 4) is 5.75 Å². The Hall–Kier alpha value is -2.95. The van der Waals surface area contributed by atoms with Gasteiger partial charge in [0.05, 0.1) is 7.11 Å². The Kier molecular flexibility index (Phi) is 4.77. The Bertz CT molecular complexity index is 990. The van der Waals surface area contributed by atoms with E-state index in [0.717, 1.165) is 16.9 Å². The molecule has 2 aliphatic rings. The third kappa shape index (κ3) is 3.57. The van der Waals surface area contributed by atoms with Gasteiger partial charge >= 0.3 is 0 Å². The van der Waals surface area contributed by atoms with Crippen molar-refractivity contribution in [1.82, 2.24) is 0 Å². The fraction of sp³-hybridized carbons (Fsp3) is 0.333. The zero-order valence-corrected chi connectivity index (χ0v) is 16.9. The fourth-order valence-corrected chi connectivity index (χ4v) is 4.43. The Labute approximate surface area is 170 Å². The Morgan fingerprint density at radius 3 is 2.28 bits per heavy atom. The molecular formula is C24H24FNO3. The minimum atomic E-state index is -0.337. The number of methoxy groups -OCH3 is 1. The Morgan fingerprint density at radius 2 is 1.66 bits per heavy atom. The van der Waals surface area contributed by atoms with E-state index >= 15 is 0 Å². The molecule has 1 heterocycles. The second-order valence-electron chi connectivity index (χ2n) is 8.54. The molecule has 1 amide bonds.